The summed E-state index contributed by atoms with van der Waals surface area (Å²) in [5.74, 6) is 0.721. The average Bonchev–Trinajstić information content (AvgIpc) is 3.20. The molecule has 102 valence electrons. The largest absolute Gasteiger partial charge is 0.350 e. The van der Waals surface area contributed by atoms with E-state index in [1.807, 2.05) is 17.5 Å². The Bertz CT molecular complexity index is 673. The minimum absolute atomic E-state index is 0.143. The Labute approximate surface area is 123 Å². The SMILES string of the molecule is O=C(NCCc1ncc[nH]1)c1csc(-c2cccs2)n1. The number of hydrogen-bond acceptors (Lipinski definition) is 5. The van der Waals surface area contributed by atoms with Crippen LogP contribution in [0.5, 0.6) is 0 Å². The Kier molecular flexibility index (Phi) is 3.89. The predicted octanol–water partition coefficient (Wildman–Crippen LogP) is 2.57. The topological polar surface area (TPSA) is 70.7 Å². The van der Waals surface area contributed by atoms with Crippen molar-refractivity contribution in [3.05, 3.63) is 46.8 Å². The Morgan fingerprint density at radius 1 is 1.40 bits per heavy atom. The molecular weight excluding hydrogens is 292 g/mol. The van der Waals surface area contributed by atoms with Gasteiger partial charge >= 0.3 is 0 Å². The van der Waals surface area contributed by atoms with Gasteiger partial charge in [-0.2, -0.15) is 0 Å². The lowest BCUT2D eigenvalue weighted by molar-refractivity contribution is 0.0950. The van der Waals surface area contributed by atoms with Gasteiger partial charge in [-0.15, -0.1) is 22.7 Å². The zero-order valence-corrected chi connectivity index (χ0v) is 12.1. The van der Waals surface area contributed by atoms with E-state index < -0.39 is 0 Å². The average molecular weight is 304 g/mol. The lowest BCUT2D eigenvalue weighted by atomic mass is 10.4. The molecule has 2 N–H and O–H groups in total. The number of nitrogens with zero attached hydrogens (tertiary/aromatic N) is 2. The van der Waals surface area contributed by atoms with Gasteiger partial charge in [-0.05, 0) is 11.4 Å². The summed E-state index contributed by atoms with van der Waals surface area (Å²) in [6.45, 7) is 0.540. The molecule has 0 aliphatic carbocycles. The molecule has 0 aliphatic rings. The van der Waals surface area contributed by atoms with Crippen LogP contribution in [0.4, 0.5) is 0 Å². The lowest BCUT2D eigenvalue weighted by Crippen LogP contribution is -2.26. The van der Waals surface area contributed by atoms with Crippen molar-refractivity contribution in [1.82, 2.24) is 20.3 Å². The number of thiophene rings is 1. The quantitative estimate of drug-likeness (QED) is 0.761. The fraction of sp³-hybridized carbons (Fsp3) is 0.154. The molecule has 0 fully saturated rings. The van der Waals surface area contributed by atoms with Crippen molar-refractivity contribution in [2.45, 2.75) is 6.42 Å². The first kappa shape index (κ1) is 13.0. The van der Waals surface area contributed by atoms with Gasteiger partial charge in [-0.1, -0.05) is 6.07 Å². The molecule has 5 nitrogen and oxygen atoms in total. The Hall–Kier alpha value is -1.99. The molecule has 0 unspecified atom stereocenters. The fourth-order valence-electron chi connectivity index (χ4n) is 1.71. The summed E-state index contributed by atoms with van der Waals surface area (Å²) >= 11 is 3.11. The third-order valence-electron chi connectivity index (χ3n) is 2.67. The van der Waals surface area contributed by atoms with Gasteiger partial charge in [-0.25, -0.2) is 9.97 Å². The molecule has 3 rings (SSSR count). The van der Waals surface area contributed by atoms with E-state index in [2.05, 4.69) is 20.3 Å². The van der Waals surface area contributed by atoms with E-state index in [-0.39, 0.29) is 5.91 Å². The number of aromatic nitrogens is 3. The fourth-order valence-corrected chi connectivity index (χ4v) is 3.33. The zero-order valence-electron chi connectivity index (χ0n) is 10.5. The van der Waals surface area contributed by atoms with Crippen molar-refractivity contribution in [2.75, 3.05) is 6.54 Å². The van der Waals surface area contributed by atoms with Gasteiger partial charge in [0.2, 0.25) is 0 Å². The van der Waals surface area contributed by atoms with Crippen LogP contribution in [0, 0.1) is 0 Å². The van der Waals surface area contributed by atoms with Crippen LogP contribution >= 0.6 is 22.7 Å². The molecule has 0 radical (unpaired) electrons. The van der Waals surface area contributed by atoms with E-state index in [0.29, 0.717) is 18.7 Å². The smallest absolute Gasteiger partial charge is 0.270 e. The van der Waals surface area contributed by atoms with Crippen molar-refractivity contribution in [3.63, 3.8) is 0 Å². The second-order valence-electron chi connectivity index (χ2n) is 4.06. The highest BCUT2D eigenvalue weighted by Gasteiger charge is 2.11. The third-order valence-corrected chi connectivity index (χ3v) is 4.55. The summed E-state index contributed by atoms with van der Waals surface area (Å²) in [7, 11) is 0. The number of H-pyrrole nitrogens is 1. The molecule has 0 aliphatic heterocycles. The van der Waals surface area contributed by atoms with E-state index in [4.69, 9.17) is 0 Å². The van der Waals surface area contributed by atoms with Gasteiger partial charge in [-0.3, -0.25) is 4.79 Å². The molecule has 0 saturated heterocycles. The maximum absolute atomic E-state index is 12.0. The van der Waals surface area contributed by atoms with E-state index in [0.717, 1.165) is 15.7 Å². The molecular formula is C13H12N4OS2. The van der Waals surface area contributed by atoms with E-state index >= 15 is 0 Å². The summed E-state index contributed by atoms with van der Waals surface area (Å²) in [5.41, 5.74) is 0.470. The summed E-state index contributed by atoms with van der Waals surface area (Å²) < 4.78 is 0. The van der Waals surface area contributed by atoms with Crippen molar-refractivity contribution in [3.8, 4) is 9.88 Å². The van der Waals surface area contributed by atoms with Crippen LogP contribution in [-0.2, 0) is 6.42 Å². The minimum atomic E-state index is -0.143. The first-order valence-electron chi connectivity index (χ1n) is 6.09. The van der Waals surface area contributed by atoms with Crippen LogP contribution in [-0.4, -0.2) is 27.4 Å². The van der Waals surface area contributed by atoms with Crippen molar-refractivity contribution < 1.29 is 4.79 Å². The summed E-state index contributed by atoms with van der Waals surface area (Å²) in [6, 6.07) is 3.98. The molecule has 3 aromatic heterocycles. The second-order valence-corrected chi connectivity index (χ2v) is 5.86. The molecule has 3 aromatic rings. The zero-order chi connectivity index (χ0) is 13.8. The summed E-state index contributed by atoms with van der Waals surface area (Å²) in [4.78, 5) is 24.5. The van der Waals surface area contributed by atoms with Crippen molar-refractivity contribution in [1.29, 1.82) is 0 Å². The van der Waals surface area contributed by atoms with Gasteiger partial charge in [0.05, 0.1) is 4.88 Å². The van der Waals surface area contributed by atoms with E-state index in [9.17, 15) is 4.79 Å². The van der Waals surface area contributed by atoms with Crippen LogP contribution < -0.4 is 5.32 Å². The number of hydrogen-bond donors (Lipinski definition) is 2. The van der Waals surface area contributed by atoms with Crippen LogP contribution in [0.15, 0.2) is 35.3 Å². The molecule has 0 atom stereocenters. The number of rotatable bonds is 5. The van der Waals surface area contributed by atoms with E-state index in [1.165, 1.54) is 11.3 Å². The second kappa shape index (κ2) is 5.98. The summed E-state index contributed by atoms with van der Waals surface area (Å²) in [6.07, 6.45) is 4.15. The molecule has 0 spiro atoms. The first-order valence-corrected chi connectivity index (χ1v) is 7.85. The lowest BCUT2D eigenvalue weighted by Gasteiger charge is -2.00. The van der Waals surface area contributed by atoms with E-state index in [1.54, 1.807) is 29.1 Å². The maximum atomic E-state index is 12.0. The number of carbonyl (C=O) groups is 1. The monoisotopic (exact) mass is 304 g/mol. The standard InChI is InChI=1S/C13H12N4OS2/c18-12(16-4-3-11-14-5-6-15-11)9-8-20-13(17-9)10-2-1-7-19-10/h1-2,5-8H,3-4H2,(H,14,15)(H,16,18). The maximum Gasteiger partial charge on any atom is 0.270 e. The number of carbonyl (C=O) groups excluding carboxylic acids is 1. The Morgan fingerprint density at radius 3 is 3.10 bits per heavy atom. The first-order chi connectivity index (χ1) is 9.83. The van der Waals surface area contributed by atoms with Gasteiger partial charge < -0.3 is 10.3 Å². The molecule has 1 amide bonds. The third kappa shape index (κ3) is 2.94. The Morgan fingerprint density at radius 2 is 2.35 bits per heavy atom. The minimum Gasteiger partial charge on any atom is -0.350 e. The van der Waals surface area contributed by atoms with Crippen LogP contribution in [0.3, 0.4) is 0 Å². The van der Waals surface area contributed by atoms with Crippen LogP contribution in [0.25, 0.3) is 9.88 Å². The van der Waals surface area contributed by atoms with Crippen molar-refractivity contribution in [2.24, 2.45) is 0 Å². The summed E-state index contributed by atoms with van der Waals surface area (Å²) in [5, 5.41) is 7.52. The van der Waals surface area contributed by atoms with Gasteiger partial charge in [0.25, 0.3) is 5.91 Å². The molecule has 3 heterocycles. The number of nitrogens with one attached hydrogen (secondary N) is 2. The molecule has 0 aromatic carbocycles. The predicted molar refractivity (Wildman–Crippen MR) is 80.1 cm³/mol. The van der Waals surface area contributed by atoms with Gasteiger partial charge in [0.15, 0.2) is 0 Å². The highest BCUT2D eigenvalue weighted by molar-refractivity contribution is 7.20. The normalized spacial score (nSPS) is 10.6. The highest BCUT2D eigenvalue weighted by atomic mass is 32.1. The molecule has 0 saturated carbocycles. The van der Waals surface area contributed by atoms with Crippen LogP contribution in [0.1, 0.15) is 16.3 Å². The van der Waals surface area contributed by atoms with Crippen LogP contribution in [0.2, 0.25) is 0 Å². The molecule has 7 heteroatoms. The van der Waals surface area contributed by atoms with Gasteiger partial charge in [0.1, 0.15) is 16.5 Å². The highest BCUT2D eigenvalue weighted by Crippen LogP contribution is 2.27. The van der Waals surface area contributed by atoms with Crippen molar-refractivity contribution >= 4 is 28.6 Å². The number of thiazole rings is 1. The van der Waals surface area contributed by atoms with Gasteiger partial charge in [0, 0.05) is 30.7 Å². The number of imidazole rings is 1. The molecule has 0 bridgehead atoms. The molecule has 20 heavy (non-hydrogen) atoms. The number of amides is 1. The number of aromatic amines is 1. The Balaban J connectivity index is 1.57.